The van der Waals surface area contributed by atoms with Crippen molar-refractivity contribution in [3.05, 3.63) is 93.4 Å². The van der Waals surface area contributed by atoms with Crippen LogP contribution in [0.4, 0.5) is 5.69 Å². The lowest BCUT2D eigenvalue weighted by molar-refractivity contribution is 0.0910. The lowest BCUT2D eigenvalue weighted by Gasteiger charge is -2.32. The van der Waals surface area contributed by atoms with E-state index < -0.39 is 11.5 Å². The monoisotopic (exact) mass is 414 g/mol. The number of pyridine rings is 1. The second-order valence-corrected chi connectivity index (χ2v) is 9.05. The molecule has 3 aromatic rings. The van der Waals surface area contributed by atoms with Crippen molar-refractivity contribution in [3.63, 3.8) is 0 Å². The maximum absolute atomic E-state index is 13.7. The lowest BCUT2D eigenvalue weighted by Crippen LogP contribution is -2.39. The Morgan fingerprint density at radius 2 is 1.71 bits per heavy atom. The Kier molecular flexibility index (Phi) is 5.13. The quantitative estimate of drug-likeness (QED) is 0.630. The van der Waals surface area contributed by atoms with Gasteiger partial charge in [-0.3, -0.25) is 19.0 Å². The highest BCUT2D eigenvalue weighted by molar-refractivity contribution is 6.09. The number of anilines is 1. The Labute approximate surface area is 181 Å². The van der Waals surface area contributed by atoms with E-state index in [-0.39, 0.29) is 16.8 Å². The largest absolute Gasteiger partial charge is 0.311 e. The van der Waals surface area contributed by atoms with Gasteiger partial charge in [-0.2, -0.15) is 0 Å². The lowest BCUT2D eigenvalue weighted by atomic mass is 9.73. The van der Waals surface area contributed by atoms with Crippen molar-refractivity contribution in [1.82, 2.24) is 4.57 Å². The predicted octanol–water partition coefficient (Wildman–Crippen LogP) is 4.58. The molecule has 4 rings (SSSR count). The molecule has 1 aliphatic carbocycles. The molecule has 1 heterocycles. The van der Waals surface area contributed by atoms with E-state index in [2.05, 4.69) is 0 Å². The van der Waals surface area contributed by atoms with Gasteiger partial charge in [-0.15, -0.1) is 0 Å². The highest BCUT2D eigenvalue weighted by Gasteiger charge is 2.36. The van der Waals surface area contributed by atoms with Gasteiger partial charge in [-0.25, -0.2) is 0 Å². The molecule has 158 valence electrons. The summed E-state index contributed by atoms with van der Waals surface area (Å²) >= 11 is 0. The fourth-order valence-corrected chi connectivity index (χ4v) is 4.27. The minimum atomic E-state index is -0.403. The topological polar surface area (TPSA) is 59.4 Å². The van der Waals surface area contributed by atoms with E-state index in [0.717, 1.165) is 5.56 Å². The van der Waals surface area contributed by atoms with Crippen LogP contribution in [0.25, 0.3) is 5.69 Å². The molecule has 0 radical (unpaired) electrons. The van der Waals surface area contributed by atoms with Gasteiger partial charge >= 0.3 is 0 Å². The number of para-hydroxylation sites is 1. The summed E-state index contributed by atoms with van der Waals surface area (Å²) in [5, 5.41) is 0. The van der Waals surface area contributed by atoms with Crippen molar-refractivity contribution in [2.24, 2.45) is 5.41 Å². The molecule has 0 atom stereocenters. The third-order valence-electron chi connectivity index (χ3n) is 5.85. The zero-order chi connectivity index (χ0) is 22.3. The van der Waals surface area contributed by atoms with Crippen LogP contribution >= 0.6 is 0 Å². The molecule has 0 fully saturated rings. The molecule has 5 nitrogen and oxygen atoms in total. The number of Topliss-reactive ketones (excluding diaryl/α,β-unsaturated/α-hetero) is 1. The Bertz CT molecular complexity index is 1240. The van der Waals surface area contributed by atoms with Crippen molar-refractivity contribution in [3.8, 4) is 5.69 Å². The first-order valence-electron chi connectivity index (χ1n) is 10.4. The number of rotatable bonds is 3. The first-order chi connectivity index (χ1) is 14.7. The third kappa shape index (κ3) is 3.83. The number of hydrogen-bond acceptors (Lipinski definition) is 3. The Morgan fingerprint density at radius 3 is 2.39 bits per heavy atom. The average Bonchev–Trinajstić information content (AvgIpc) is 2.72. The summed E-state index contributed by atoms with van der Waals surface area (Å²) in [6.45, 7) is 5.94. The van der Waals surface area contributed by atoms with Crippen molar-refractivity contribution < 1.29 is 9.59 Å². The molecule has 0 saturated heterocycles. The van der Waals surface area contributed by atoms with Crippen molar-refractivity contribution >= 4 is 17.4 Å². The number of benzene rings is 2. The van der Waals surface area contributed by atoms with E-state index in [4.69, 9.17) is 0 Å². The van der Waals surface area contributed by atoms with Crippen LogP contribution in [-0.4, -0.2) is 23.3 Å². The summed E-state index contributed by atoms with van der Waals surface area (Å²) < 4.78 is 1.42. The van der Waals surface area contributed by atoms with Gasteiger partial charge in [0.25, 0.3) is 11.5 Å². The number of hydrogen-bond donors (Lipinski definition) is 0. The highest BCUT2D eigenvalue weighted by atomic mass is 16.2. The van der Waals surface area contributed by atoms with Crippen molar-refractivity contribution in [2.45, 2.75) is 33.6 Å². The highest BCUT2D eigenvalue weighted by Crippen LogP contribution is 2.36. The smallest absolute Gasteiger partial charge is 0.268 e. The molecule has 1 aromatic heterocycles. The third-order valence-corrected chi connectivity index (χ3v) is 5.85. The maximum atomic E-state index is 13.7. The minimum Gasteiger partial charge on any atom is -0.311 e. The van der Waals surface area contributed by atoms with Gasteiger partial charge in [-0.1, -0.05) is 44.2 Å². The number of carbonyl (C=O) groups is 2. The summed E-state index contributed by atoms with van der Waals surface area (Å²) in [7, 11) is 1.67. The van der Waals surface area contributed by atoms with Crippen LogP contribution in [0.5, 0.6) is 0 Å². The average molecular weight is 415 g/mol. The summed E-state index contributed by atoms with van der Waals surface area (Å²) in [6, 6.07) is 16.7. The number of aromatic nitrogens is 1. The van der Waals surface area contributed by atoms with Gasteiger partial charge in [0.2, 0.25) is 0 Å². The van der Waals surface area contributed by atoms with Gasteiger partial charge in [0.1, 0.15) is 5.56 Å². The standard InChI is InChI=1S/C26H26N2O3/c1-17-9-8-12-19(13-17)27(4)24(30)23-20-14-26(2,3)15-22(29)21(20)16-28(25(23)31)18-10-6-5-7-11-18/h5-13,16H,14-15H2,1-4H3. The first-order valence-corrected chi connectivity index (χ1v) is 10.4. The van der Waals surface area contributed by atoms with Crippen molar-refractivity contribution in [1.29, 1.82) is 0 Å². The van der Waals surface area contributed by atoms with E-state index in [0.29, 0.717) is 35.3 Å². The Hall–Kier alpha value is -3.47. The molecule has 1 amide bonds. The van der Waals surface area contributed by atoms with E-state index in [1.807, 2.05) is 63.2 Å². The van der Waals surface area contributed by atoms with E-state index in [1.165, 1.54) is 9.47 Å². The molecule has 31 heavy (non-hydrogen) atoms. The van der Waals surface area contributed by atoms with Crippen molar-refractivity contribution in [2.75, 3.05) is 11.9 Å². The number of amides is 1. The molecule has 0 aliphatic heterocycles. The molecular formula is C26H26N2O3. The zero-order valence-electron chi connectivity index (χ0n) is 18.3. The van der Waals surface area contributed by atoms with Crippen LogP contribution in [0.3, 0.4) is 0 Å². The van der Waals surface area contributed by atoms with E-state index in [9.17, 15) is 14.4 Å². The molecule has 2 aromatic carbocycles. The van der Waals surface area contributed by atoms with Gasteiger partial charge < -0.3 is 4.90 Å². The number of fused-ring (bicyclic) bond motifs is 1. The zero-order valence-corrected chi connectivity index (χ0v) is 18.3. The summed E-state index contributed by atoms with van der Waals surface area (Å²) in [5.74, 6) is -0.439. The normalized spacial score (nSPS) is 14.8. The molecule has 1 aliphatic rings. The van der Waals surface area contributed by atoms with E-state index >= 15 is 0 Å². The molecular weight excluding hydrogens is 388 g/mol. The molecule has 0 N–H and O–H groups in total. The van der Waals surface area contributed by atoms with Gasteiger partial charge in [0.15, 0.2) is 5.78 Å². The number of nitrogens with zero attached hydrogens (tertiary/aromatic N) is 2. The van der Waals surface area contributed by atoms with Crippen LogP contribution < -0.4 is 10.5 Å². The fourth-order valence-electron chi connectivity index (χ4n) is 4.27. The van der Waals surface area contributed by atoms with Gasteiger partial charge in [0, 0.05) is 36.6 Å². The summed E-state index contributed by atoms with van der Waals surface area (Å²) in [5.41, 5.74) is 2.73. The second-order valence-electron chi connectivity index (χ2n) is 9.05. The summed E-state index contributed by atoms with van der Waals surface area (Å²) in [6.07, 6.45) is 2.49. The predicted molar refractivity (Wildman–Crippen MR) is 122 cm³/mol. The SMILES string of the molecule is Cc1cccc(N(C)C(=O)c2c3c(cn(-c4ccccc4)c2=O)C(=O)CC(C)(C)C3)c1. The van der Waals surface area contributed by atoms with Crippen LogP contribution in [0.1, 0.15) is 52.1 Å². The maximum Gasteiger partial charge on any atom is 0.268 e. The van der Waals surface area contributed by atoms with Gasteiger partial charge in [-0.05, 0) is 54.2 Å². The minimum absolute atomic E-state index is 0.0387. The van der Waals surface area contributed by atoms with Gasteiger partial charge in [0.05, 0.1) is 0 Å². The van der Waals surface area contributed by atoms with Crippen LogP contribution in [0, 0.1) is 12.3 Å². The Balaban J connectivity index is 1.95. The number of carbonyl (C=O) groups excluding carboxylic acids is 2. The molecule has 0 unspecified atom stereocenters. The Morgan fingerprint density at radius 1 is 1.00 bits per heavy atom. The van der Waals surface area contributed by atoms with Crippen LogP contribution in [0.2, 0.25) is 0 Å². The molecule has 5 heteroatoms. The molecule has 0 spiro atoms. The first kappa shape index (κ1) is 20.8. The molecule has 0 saturated carbocycles. The second kappa shape index (κ2) is 7.65. The van der Waals surface area contributed by atoms with Crippen LogP contribution in [-0.2, 0) is 6.42 Å². The summed E-state index contributed by atoms with van der Waals surface area (Å²) in [4.78, 5) is 41.8. The fraction of sp³-hybridized carbons (Fsp3) is 0.269. The van der Waals surface area contributed by atoms with Crippen LogP contribution in [0.15, 0.2) is 65.6 Å². The number of aryl methyl sites for hydroxylation is 1. The van der Waals surface area contributed by atoms with E-state index in [1.54, 1.807) is 25.4 Å². The molecule has 0 bridgehead atoms. The number of ketones is 1.